The van der Waals surface area contributed by atoms with Crippen molar-refractivity contribution in [3.05, 3.63) is 36.4 Å². The zero-order chi connectivity index (χ0) is 15.8. The molecule has 22 heavy (non-hydrogen) atoms. The van der Waals surface area contributed by atoms with Crippen LogP contribution in [-0.4, -0.2) is 42.9 Å². The lowest BCUT2D eigenvalue weighted by atomic mass is 9.99. The second-order valence-corrected chi connectivity index (χ2v) is 5.72. The van der Waals surface area contributed by atoms with Crippen LogP contribution in [0.5, 0.6) is 11.5 Å². The van der Waals surface area contributed by atoms with E-state index in [2.05, 4.69) is 17.5 Å². The Balaban J connectivity index is 2.06. The van der Waals surface area contributed by atoms with Gasteiger partial charge in [0.25, 0.3) is 0 Å². The number of rotatable bonds is 8. The third-order valence-corrected chi connectivity index (χ3v) is 4.18. The molecule has 1 fully saturated rings. The zero-order valence-corrected chi connectivity index (χ0v) is 13.5. The van der Waals surface area contributed by atoms with Crippen LogP contribution in [0.25, 0.3) is 0 Å². The molecule has 0 radical (unpaired) electrons. The van der Waals surface area contributed by atoms with Gasteiger partial charge in [0.05, 0.1) is 7.11 Å². The third kappa shape index (κ3) is 4.49. The Labute approximate surface area is 133 Å². The fourth-order valence-corrected chi connectivity index (χ4v) is 3.06. The fourth-order valence-electron chi connectivity index (χ4n) is 3.06. The highest BCUT2D eigenvalue weighted by Gasteiger charge is 2.22. The molecule has 1 aromatic carbocycles. The van der Waals surface area contributed by atoms with E-state index in [0.29, 0.717) is 12.6 Å². The highest BCUT2D eigenvalue weighted by molar-refractivity contribution is 5.43. The van der Waals surface area contributed by atoms with Crippen LogP contribution in [0.3, 0.4) is 0 Å². The third-order valence-electron chi connectivity index (χ3n) is 4.18. The first-order chi connectivity index (χ1) is 10.8. The molecule has 1 N–H and O–H groups in total. The lowest BCUT2D eigenvalue weighted by molar-refractivity contribution is 0.112. The predicted octanol–water partition coefficient (Wildman–Crippen LogP) is 3.00. The predicted molar refractivity (Wildman–Crippen MR) is 88.4 cm³/mol. The van der Waals surface area contributed by atoms with Crippen molar-refractivity contribution >= 4 is 0 Å². The monoisotopic (exact) mass is 305 g/mol. The molecular formula is C18H27NO3. The second kappa shape index (κ2) is 8.81. The van der Waals surface area contributed by atoms with E-state index in [4.69, 9.17) is 9.47 Å². The van der Waals surface area contributed by atoms with Crippen molar-refractivity contribution < 1.29 is 14.6 Å². The molecule has 0 amide bonds. The van der Waals surface area contributed by atoms with Gasteiger partial charge in [0.2, 0.25) is 0 Å². The fraction of sp³-hybridized carbons (Fsp3) is 0.556. The number of nitrogens with zero attached hydrogens (tertiary/aromatic N) is 1. The average molecular weight is 305 g/mol. The van der Waals surface area contributed by atoms with E-state index in [0.717, 1.165) is 31.0 Å². The van der Waals surface area contributed by atoms with Crippen molar-refractivity contribution in [3.63, 3.8) is 0 Å². The lowest BCUT2D eigenvalue weighted by Crippen LogP contribution is -2.39. The van der Waals surface area contributed by atoms with Gasteiger partial charge in [-0.1, -0.05) is 25.1 Å². The molecule has 0 bridgehead atoms. The van der Waals surface area contributed by atoms with Gasteiger partial charge in [-0.05, 0) is 43.5 Å². The van der Waals surface area contributed by atoms with Gasteiger partial charge >= 0.3 is 0 Å². The summed E-state index contributed by atoms with van der Waals surface area (Å²) >= 11 is 0. The van der Waals surface area contributed by atoms with Crippen LogP contribution < -0.4 is 9.47 Å². The summed E-state index contributed by atoms with van der Waals surface area (Å²) < 4.78 is 11.0. The first-order valence-electron chi connectivity index (χ1n) is 8.04. The van der Waals surface area contributed by atoms with E-state index in [-0.39, 0.29) is 6.61 Å². The topological polar surface area (TPSA) is 41.9 Å². The number of hydrogen-bond acceptors (Lipinski definition) is 4. The minimum Gasteiger partial charge on any atom is -0.493 e. The number of ether oxygens (including phenoxy) is 2. The molecule has 1 atom stereocenters. The quantitative estimate of drug-likeness (QED) is 0.750. The Morgan fingerprint density at radius 3 is 2.95 bits per heavy atom. The van der Waals surface area contributed by atoms with Crippen LogP contribution in [0.1, 0.15) is 31.2 Å². The van der Waals surface area contributed by atoms with Crippen molar-refractivity contribution in [2.75, 3.05) is 26.9 Å². The first kappa shape index (κ1) is 16.8. The van der Waals surface area contributed by atoms with Gasteiger partial charge in [0, 0.05) is 19.2 Å². The van der Waals surface area contributed by atoms with Gasteiger partial charge in [-0.25, -0.2) is 0 Å². The van der Waals surface area contributed by atoms with E-state index in [1.165, 1.54) is 24.8 Å². The molecule has 1 unspecified atom stereocenters. The van der Waals surface area contributed by atoms with Crippen LogP contribution >= 0.6 is 0 Å². The average Bonchev–Trinajstić information content (AvgIpc) is 2.55. The molecule has 0 saturated carbocycles. The Kier molecular flexibility index (Phi) is 6.74. The van der Waals surface area contributed by atoms with Crippen molar-refractivity contribution in [1.82, 2.24) is 4.90 Å². The molecule has 1 aliphatic heterocycles. The summed E-state index contributed by atoms with van der Waals surface area (Å²) in [6, 6.07) is 6.58. The standard InChI is InChI=1S/C18H27NO3/c1-3-12-22-17-8-7-15(13-18(17)21-2)14-19-10-5-4-6-16(19)9-11-20/h3,7-8,13,16,20H,1,4-6,9-12,14H2,2H3. The highest BCUT2D eigenvalue weighted by atomic mass is 16.5. The number of aliphatic hydroxyl groups excluding tert-OH is 1. The molecule has 122 valence electrons. The summed E-state index contributed by atoms with van der Waals surface area (Å²) in [6.45, 7) is 6.38. The van der Waals surface area contributed by atoms with Crippen LogP contribution in [0.2, 0.25) is 0 Å². The smallest absolute Gasteiger partial charge is 0.161 e. The molecule has 1 aromatic rings. The zero-order valence-electron chi connectivity index (χ0n) is 13.5. The van der Waals surface area contributed by atoms with Gasteiger partial charge in [0.15, 0.2) is 11.5 Å². The number of benzene rings is 1. The van der Waals surface area contributed by atoms with E-state index < -0.39 is 0 Å². The number of aliphatic hydroxyl groups is 1. The summed E-state index contributed by atoms with van der Waals surface area (Å²) in [5.74, 6) is 1.51. The normalized spacial score (nSPS) is 18.9. The number of piperidine rings is 1. The summed E-state index contributed by atoms with van der Waals surface area (Å²) in [7, 11) is 1.66. The Hall–Kier alpha value is -1.52. The maximum Gasteiger partial charge on any atom is 0.161 e. The number of likely N-dealkylation sites (tertiary alicyclic amines) is 1. The lowest BCUT2D eigenvalue weighted by Gasteiger charge is -2.35. The second-order valence-electron chi connectivity index (χ2n) is 5.72. The van der Waals surface area contributed by atoms with E-state index in [9.17, 15) is 5.11 Å². The minimum absolute atomic E-state index is 0.263. The Morgan fingerprint density at radius 2 is 2.23 bits per heavy atom. The maximum atomic E-state index is 9.23. The molecule has 0 spiro atoms. The molecule has 1 aliphatic rings. The van der Waals surface area contributed by atoms with E-state index in [1.54, 1.807) is 13.2 Å². The molecule has 1 heterocycles. The van der Waals surface area contributed by atoms with Gasteiger partial charge < -0.3 is 14.6 Å². The van der Waals surface area contributed by atoms with Crippen molar-refractivity contribution in [2.45, 2.75) is 38.3 Å². The molecule has 0 aromatic heterocycles. The molecule has 4 heteroatoms. The van der Waals surface area contributed by atoms with Gasteiger partial charge in [0.1, 0.15) is 6.61 Å². The van der Waals surface area contributed by atoms with E-state index >= 15 is 0 Å². The van der Waals surface area contributed by atoms with Crippen LogP contribution in [-0.2, 0) is 6.54 Å². The van der Waals surface area contributed by atoms with Gasteiger partial charge in [-0.3, -0.25) is 4.90 Å². The SMILES string of the molecule is C=CCOc1ccc(CN2CCCCC2CCO)cc1OC. The van der Waals surface area contributed by atoms with E-state index in [1.807, 2.05) is 12.1 Å². The highest BCUT2D eigenvalue weighted by Crippen LogP contribution is 2.30. The molecule has 2 rings (SSSR count). The summed E-state index contributed by atoms with van der Waals surface area (Å²) in [4.78, 5) is 2.47. The van der Waals surface area contributed by atoms with Crippen molar-refractivity contribution in [2.24, 2.45) is 0 Å². The largest absolute Gasteiger partial charge is 0.493 e. The van der Waals surface area contributed by atoms with Crippen LogP contribution in [0, 0.1) is 0 Å². The van der Waals surface area contributed by atoms with Crippen LogP contribution in [0.15, 0.2) is 30.9 Å². The van der Waals surface area contributed by atoms with Crippen molar-refractivity contribution in [1.29, 1.82) is 0 Å². The number of methoxy groups -OCH3 is 1. The summed E-state index contributed by atoms with van der Waals surface area (Å²) in [6.07, 6.45) is 6.26. The summed E-state index contributed by atoms with van der Waals surface area (Å²) in [5, 5.41) is 9.23. The van der Waals surface area contributed by atoms with Crippen molar-refractivity contribution in [3.8, 4) is 11.5 Å². The molecular weight excluding hydrogens is 278 g/mol. The van der Waals surface area contributed by atoms with Gasteiger partial charge in [-0.2, -0.15) is 0 Å². The number of hydrogen-bond donors (Lipinski definition) is 1. The summed E-state index contributed by atoms with van der Waals surface area (Å²) in [5.41, 5.74) is 1.22. The molecule has 4 nitrogen and oxygen atoms in total. The van der Waals surface area contributed by atoms with Gasteiger partial charge in [-0.15, -0.1) is 0 Å². The Bertz CT molecular complexity index is 473. The first-order valence-corrected chi connectivity index (χ1v) is 8.04. The van der Waals surface area contributed by atoms with Crippen LogP contribution in [0.4, 0.5) is 0 Å². The maximum absolute atomic E-state index is 9.23. The molecule has 1 saturated heterocycles. The Morgan fingerprint density at radius 1 is 1.36 bits per heavy atom. The molecule has 0 aliphatic carbocycles. The minimum atomic E-state index is 0.263.